The first-order valence-electron chi connectivity index (χ1n) is 7.76. The number of primary amides is 1. The molecule has 2 aromatic carbocycles. The number of nitrogens with zero attached hydrogens (tertiary/aromatic N) is 4. The summed E-state index contributed by atoms with van der Waals surface area (Å²) >= 11 is 0. The Morgan fingerprint density at radius 1 is 1.19 bits per heavy atom. The fraction of sp³-hybridized carbons (Fsp3) is 0.0588. The molecule has 0 aliphatic heterocycles. The van der Waals surface area contributed by atoms with Crippen LogP contribution in [0.3, 0.4) is 0 Å². The van der Waals surface area contributed by atoms with Gasteiger partial charge < -0.3 is 11.1 Å². The minimum absolute atomic E-state index is 0.122. The average Bonchev–Trinajstić information content (AvgIpc) is 3.20. The van der Waals surface area contributed by atoms with Crippen LogP contribution in [0.2, 0.25) is 0 Å². The predicted octanol–water partition coefficient (Wildman–Crippen LogP) is 1.20. The maximum Gasteiger partial charge on any atom is 0.295 e. The highest BCUT2D eigenvalue weighted by Gasteiger charge is 2.19. The zero-order valence-corrected chi connectivity index (χ0v) is 13.9. The van der Waals surface area contributed by atoms with Crippen LogP contribution < -0.4 is 11.1 Å². The molecule has 10 heteroatoms. The van der Waals surface area contributed by atoms with Gasteiger partial charge in [-0.1, -0.05) is 12.1 Å². The molecule has 0 saturated carbocycles. The van der Waals surface area contributed by atoms with Crippen molar-refractivity contribution in [3.05, 3.63) is 81.9 Å². The van der Waals surface area contributed by atoms with Crippen molar-refractivity contribution < 1.29 is 14.5 Å². The van der Waals surface area contributed by atoms with Crippen LogP contribution in [-0.4, -0.2) is 31.5 Å². The van der Waals surface area contributed by atoms with Crippen molar-refractivity contribution in [2.45, 2.75) is 6.54 Å². The van der Waals surface area contributed by atoms with Gasteiger partial charge in [0.05, 0.1) is 4.92 Å². The molecule has 0 unspecified atom stereocenters. The van der Waals surface area contributed by atoms with Crippen LogP contribution >= 0.6 is 0 Å². The molecule has 0 saturated heterocycles. The lowest BCUT2D eigenvalue weighted by Gasteiger charge is -2.08. The van der Waals surface area contributed by atoms with Gasteiger partial charge in [0, 0.05) is 23.7 Å². The monoisotopic (exact) mass is 366 g/mol. The van der Waals surface area contributed by atoms with E-state index in [9.17, 15) is 19.7 Å². The smallest absolute Gasteiger partial charge is 0.295 e. The lowest BCUT2D eigenvalue weighted by atomic mass is 10.1. The van der Waals surface area contributed by atoms with Crippen molar-refractivity contribution in [1.29, 1.82) is 0 Å². The molecule has 1 aromatic heterocycles. The minimum atomic E-state index is -0.593. The number of nitrogens with two attached hydrogens (primary N) is 1. The van der Waals surface area contributed by atoms with Crippen molar-refractivity contribution in [3.8, 4) is 5.69 Å². The van der Waals surface area contributed by atoms with Gasteiger partial charge >= 0.3 is 0 Å². The van der Waals surface area contributed by atoms with Gasteiger partial charge in [-0.3, -0.25) is 19.7 Å². The Hall–Kier alpha value is -4.08. The first-order chi connectivity index (χ1) is 13.0. The molecule has 0 bridgehead atoms. The first-order valence-corrected chi connectivity index (χ1v) is 7.76. The summed E-state index contributed by atoms with van der Waals surface area (Å²) in [4.78, 5) is 38.1. The van der Waals surface area contributed by atoms with Crippen LogP contribution in [0.25, 0.3) is 5.69 Å². The molecule has 0 radical (unpaired) electrons. The number of carbonyl (C=O) groups is 2. The molecule has 2 amide bonds. The van der Waals surface area contributed by atoms with Crippen molar-refractivity contribution in [1.82, 2.24) is 20.1 Å². The number of nitrogens with one attached hydrogen (secondary N) is 1. The second-order valence-electron chi connectivity index (χ2n) is 5.55. The van der Waals surface area contributed by atoms with E-state index in [1.54, 1.807) is 24.3 Å². The number of benzene rings is 2. The van der Waals surface area contributed by atoms with Gasteiger partial charge in [-0.2, -0.15) is 5.10 Å². The molecule has 1 heterocycles. The quantitative estimate of drug-likeness (QED) is 0.495. The fourth-order valence-corrected chi connectivity index (χ4v) is 2.46. The molecule has 0 aliphatic carbocycles. The van der Waals surface area contributed by atoms with E-state index in [2.05, 4.69) is 15.4 Å². The van der Waals surface area contributed by atoms with E-state index in [1.807, 2.05) is 0 Å². The van der Waals surface area contributed by atoms with Crippen molar-refractivity contribution >= 4 is 17.5 Å². The number of nitro groups is 1. The fourth-order valence-electron chi connectivity index (χ4n) is 2.46. The van der Waals surface area contributed by atoms with Crippen LogP contribution in [0.5, 0.6) is 0 Å². The van der Waals surface area contributed by atoms with Crippen molar-refractivity contribution in [3.63, 3.8) is 0 Å². The van der Waals surface area contributed by atoms with Gasteiger partial charge in [-0.15, -0.1) is 0 Å². The van der Waals surface area contributed by atoms with E-state index in [-0.39, 0.29) is 23.5 Å². The summed E-state index contributed by atoms with van der Waals surface area (Å²) in [5.74, 6) is -1.06. The van der Waals surface area contributed by atoms with E-state index in [1.165, 1.54) is 35.5 Å². The van der Waals surface area contributed by atoms with Crippen LogP contribution in [0, 0.1) is 10.1 Å². The zero-order valence-electron chi connectivity index (χ0n) is 13.9. The summed E-state index contributed by atoms with van der Waals surface area (Å²) < 4.78 is 1.25. The number of hydrogen-bond donors (Lipinski definition) is 2. The SMILES string of the molecule is NC(=O)c1cccc(CNC(=O)c2ccc(-n3cncn3)c([N+](=O)[O-])c2)c1. The highest BCUT2D eigenvalue weighted by Crippen LogP contribution is 2.23. The molecular weight excluding hydrogens is 352 g/mol. The highest BCUT2D eigenvalue weighted by atomic mass is 16.6. The van der Waals surface area contributed by atoms with E-state index < -0.39 is 16.7 Å². The Labute approximate surface area is 152 Å². The van der Waals surface area contributed by atoms with Gasteiger partial charge in [0.15, 0.2) is 0 Å². The van der Waals surface area contributed by atoms with Gasteiger partial charge in [0.2, 0.25) is 5.91 Å². The van der Waals surface area contributed by atoms with Gasteiger partial charge in [0.25, 0.3) is 11.6 Å². The topological polar surface area (TPSA) is 146 Å². The van der Waals surface area contributed by atoms with E-state index >= 15 is 0 Å². The van der Waals surface area contributed by atoms with Crippen LogP contribution in [0.4, 0.5) is 5.69 Å². The number of nitro benzene ring substituents is 1. The minimum Gasteiger partial charge on any atom is -0.366 e. The second-order valence-corrected chi connectivity index (χ2v) is 5.55. The second kappa shape index (κ2) is 7.44. The zero-order chi connectivity index (χ0) is 19.4. The lowest BCUT2D eigenvalue weighted by molar-refractivity contribution is -0.384. The third-order valence-corrected chi connectivity index (χ3v) is 3.76. The Kier molecular flexibility index (Phi) is 4.88. The molecule has 3 aromatic rings. The molecule has 0 spiro atoms. The molecule has 3 rings (SSSR count). The standard InChI is InChI=1S/C17H14N6O4/c18-16(24)12-3-1-2-11(6-12)8-20-17(25)13-4-5-14(15(7-13)23(26)27)22-10-19-9-21-22/h1-7,9-10H,8H2,(H2,18,24)(H,20,25). The largest absolute Gasteiger partial charge is 0.366 e. The highest BCUT2D eigenvalue weighted by molar-refractivity contribution is 5.95. The first kappa shape index (κ1) is 17.7. The molecule has 3 N–H and O–H groups in total. The Morgan fingerprint density at radius 2 is 2.00 bits per heavy atom. The third-order valence-electron chi connectivity index (χ3n) is 3.76. The maximum absolute atomic E-state index is 12.3. The van der Waals surface area contributed by atoms with Gasteiger partial charge in [0.1, 0.15) is 18.3 Å². The lowest BCUT2D eigenvalue weighted by Crippen LogP contribution is -2.23. The molecule has 136 valence electrons. The maximum atomic E-state index is 12.3. The number of amides is 2. The molecule has 0 fully saturated rings. The molecule has 0 aliphatic rings. The molecule has 10 nitrogen and oxygen atoms in total. The van der Waals surface area contributed by atoms with Crippen molar-refractivity contribution in [2.75, 3.05) is 0 Å². The Bertz CT molecular complexity index is 1020. The predicted molar refractivity (Wildman–Crippen MR) is 94.1 cm³/mol. The molecule has 0 atom stereocenters. The number of rotatable bonds is 6. The number of hydrogen-bond acceptors (Lipinski definition) is 6. The van der Waals surface area contributed by atoms with Crippen LogP contribution in [0.15, 0.2) is 55.1 Å². The van der Waals surface area contributed by atoms with Gasteiger partial charge in [-0.25, -0.2) is 9.67 Å². The molecular formula is C17H14N6O4. The third kappa shape index (κ3) is 3.95. The summed E-state index contributed by atoms with van der Waals surface area (Å²) in [6.07, 6.45) is 2.58. The van der Waals surface area contributed by atoms with Gasteiger partial charge in [-0.05, 0) is 29.8 Å². The van der Waals surface area contributed by atoms with E-state index in [4.69, 9.17) is 5.73 Å². The Balaban J connectivity index is 1.79. The summed E-state index contributed by atoms with van der Waals surface area (Å²) in [7, 11) is 0. The number of aromatic nitrogens is 3. The summed E-state index contributed by atoms with van der Waals surface area (Å²) in [6.45, 7) is 0.137. The summed E-state index contributed by atoms with van der Waals surface area (Å²) in [5, 5.41) is 17.9. The normalized spacial score (nSPS) is 10.4. The summed E-state index contributed by atoms with van der Waals surface area (Å²) in [6, 6.07) is 10.6. The van der Waals surface area contributed by atoms with E-state index in [0.29, 0.717) is 11.1 Å². The summed E-state index contributed by atoms with van der Waals surface area (Å²) in [5.41, 5.74) is 6.28. The van der Waals surface area contributed by atoms with E-state index in [0.717, 1.165) is 0 Å². The Morgan fingerprint density at radius 3 is 2.67 bits per heavy atom. The average molecular weight is 366 g/mol. The van der Waals surface area contributed by atoms with Crippen LogP contribution in [0.1, 0.15) is 26.3 Å². The van der Waals surface area contributed by atoms with Crippen molar-refractivity contribution in [2.24, 2.45) is 5.73 Å². The molecule has 27 heavy (non-hydrogen) atoms. The number of carbonyl (C=O) groups excluding carboxylic acids is 2. The van der Waals surface area contributed by atoms with Crippen LogP contribution in [-0.2, 0) is 6.54 Å².